The Hall–Kier alpha value is -1.42. The maximum absolute atomic E-state index is 11.4. The zero-order valence-electron chi connectivity index (χ0n) is 8.65. The summed E-state index contributed by atoms with van der Waals surface area (Å²) in [5.74, 6) is -0.458. The molecule has 0 aliphatic rings. The number of ether oxygens (including phenoxy) is 1. The van der Waals surface area contributed by atoms with Gasteiger partial charge in [-0.1, -0.05) is 6.08 Å². The summed E-state index contributed by atoms with van der Waals surface area (Å²) in [6.45, 7) is 3.87. The largest absolute Gasteiger partial charge is 0.462 e. The lowest BCUT2D eigenvalue weighted by Gasteiger charge is -1.96. The molecular weight excluding hydrogens is 212 g/mol. The van der Waals surface area contributed by atoms with Crippen molar-refractivity contribution in [1.82, 2.24) is 0 Å². The van der Waals surface area contributed by atoms with Gasteiger partial charge in [0.15, 0.2) is 5.78 Å². The van der Waals surface area contributed by atoms with Crippen molar-refractivity contribution in [3.8, 4) is 0 Å². The van der Waals surface area contributed by atoms with Crippen LogP contribution in [0.3, 0.4) is 0 Å². The fourth-order valence-corrected chi connectivity index (χ4v) is 1.84. The van der Waals surface area contributed by atoms with Crippen molar-refractivity contribution >= 4 is 23.1 Å². The average molecular weight is 224 g/mol. The van der Waals surface area contributed by atoms with Crippen LogP contribution < -0.4 is 0 Å². The van der Waals surface area contributed by atoms with E-state index in [-0.39, 0.29) is 11.8 Å². The summed E-state index contributed by atoms with van der Waals surface area (Å²) in [4.78, 5) is 23.7. The monoisotopic (exact) mass is 224 g/mol. The van der Waals surface area contributed by atoms with Crippen molar-refractivity contribution in [2.24, 2.45) is 0 Å². The Morgan fingerprint density at radius 1 is 1.40 bits per heavy atom. The number of allylic oxidation sites excluding steroid dienone is 2. The molecule has 0 fully saturated rings. The molecule has 1 aromatic heterocycles. The van der Waals surface area contributed by atoms with E-state index in [0.717, 1.165) is 11.3 Å². The summed E-state index contributed by atoms with van der Waals surface area (Å²) < 4.78 is 4.82. The van der Waals surface area contributed by atoms with Gasteiger partial charge in [-0.15, -0.1) is 11.3 Å². The van der Waals surface area contributed by atoms with Crippen LogP contribution in [0.25, 0.3) is 0 Å². The van der Waals surface area contributed by atoms with Crippen LogP contribution in [0, 0.1) is 0 Å². The number of hydrogen-bond acceptors (Lipinski definition) is 4. The number of rotatable bonds is 4. The number of thiophene rings is 1. The maximum Gasteiger partial charge on any atom is 0.348 e. The fraction of sp³-hybridized carbons (Fsp3) is 0.273. The van der Waals surface area contributed by atoms with Crippen LogP contribution >= 0.6 is 11.3 Å². The lowest BCUT2D eigenvalue weighted by atomic mass is 10.3. The molecule has 0 spiro atoms. The van der Waals surface area contributed by atoms with E-state index in [1.807, 2.05) is 0 Å². The molecule has 0 atom stereocenters. The summed E-state index contributed by atoms with van der Waals surface area (Å²) in [7, 11) is 0. The van der Waals surface area contributed by atoms with Crippen molar-refractivity contribution in [2.75, 3.05) is 6.61 Å². The second kappa shape index (κ2) is 5.46. The number of esters is 1. The molecule has 1 aromatic rings. The van der Waals surface area contributed by atoms with Crippen LogP contribution in [0.4, 0.5) is 0 Å². The third-order valence-electron chi connectivity index (χ3n) is 1.64. The molecule has 0 N–H and O–H groups in total. The predicted octanol–water partition coefficient (Wildman–Crippen LogP) is 2.68. The predicted molar refractivity (Wildman–Crippen MR) is 59.4 cm³/mol. The molecular formula is C11H12O3S. The van der Waals surface area contributed by atoms with E-state index in [0.29, 0.717) is 16.4 Å². The summed E-state index contributed by atoms with van der Waals surface area (Å²) in [6.07, 6.45) is 3.15. The average Bonchev–Trinajstić information content (AvgIpc) is 2.67. The Bertz CT molecular complexity index is 390. The Morgan fingerprint density at radius 3 is 2.67 bits per heavy atom. The highest BCUT2D eigenvalue weighted by Crippen LogP contribution is 2.18. The van der Waals surface area contributed by atoms with Crippen molar-refractivity contribution in [3.63, 3.8) is 0 Å². The van der Waals surface area contributed by atoms with Crippen LogP contribution in [-0.4, -0.2) is 18.4 Å². The smallest absolute Gasteiger partial charge is 0.348 e. The molecule has 15 heavy (non-hydrogen) atoms. The number of hydrogen-bond donors (Lipinski definition) is 0. The molecule has 0 saturated carbocycles. The third-order valence-corrected chi connectivity index (χ3v) is 2.72. The summed E-state index contributed by atoms with van der Waals surface area (Å²) in [6, 6.07) is 3.25. The van der Waals surface area contributed by atoms with Crippen LogP contribution in [0.1, 0.15) is 33.2 Å². The topological polar surface area (TPSA) is 43.4 Å². The fourth-order valence-electron chi connectivity index (χ4n) is 1.02. The van der Waals surface area contributed by atoms with Gasteiger partial charge in [0.2, 0.25) is 0 Å². The first-order valence-corrected chi connectivity index (χ1v) is 5.44. The Kier molecular flexibility index (Phi) is 4.24. The zero-order valence-corrected chi connectivity index (χ0v) is 9.47. The minimum Gasteiger partial charge on any atom is -0.462 e. The van der Waals surface area contributed by atoms with Crippen LogP contribution in [0.2, 0.25) is 0 Å². The standard InChI is InChI=1S/C11H12O3S/c1-3-5-8(12)9-6-7-10(15-9)11(13)14-4-2/h3,5-7H,4H2,1-2H3. The van der Waals surface area contributed by atoms with Crippen molar-refractivity contribution in [3.05, 3.63) is 34.0 Å². The highest BCUT2D eigenvalue weighted by molar-refractivity contribution is 7.16. The van der Waals surface area contributed by atoms with Gasteiger partial charge >= 0.3 is 5.97 Å². The van der Waals surface area contributed by atoms with E-state index >= 15 is 0 Å². The van der Waals surface area contributed by atoms with Gasteiger partial charge in [0.05, 0.1) is 11.5 Å². The second-order valence-corrected chi connectivity index (χ2v) is 3.83. The molecule has 1 heterocycles. The molecule has 1 rings (SSSR count). The molecule has 0 bridgehead atoms. The highest BCUT2D eigenvalue weighted by atomic mass is 32.1. The molecule has 0 radical (unpaired) electrons. The Labute approximate surface area is 92.4 Å². The molecule has 0 aromatic carbocycles. The lowest BCUT2D eigenvalue weighted by molar-refractivity contribution is 0.0532. The van der Waals surface area contributed by atoms with Gasteiger partial charge < -0.3 is 4.74 Å². The SMILES string of the molecule is CC=CC(=O)c1ccc(C(=O)OCC)s1. The number of ketones is 1. The normalized spacial score (nSPS) is 10.5. The van der Waals surface area contributed by atoms with E-state index in [2.05, 4.69) is 0 Å². The molecule has 0 amide bonds. The Balaban J connectivity index is 2.80. The quantitative estimate of drug-likeness (QED) is 0.448. The van der Waals surface area contributed by atoms with Crippen molar-refractivity contribution in [1.29, 1.82) is 0 Å². The van der Waals surface area contributed by atoms with E-state index in [1.54, 1.807) is 32.1 Å². The number of carbonyl (C=O) groups is 2. The van der Waals surface area contributed by atoms with E-state index in [1.165, 1.54) is 6.08 Å². The summed E-state index contributed by atoms with van der Waals surface area (Å²) in [5.41, 5.74) is 0. The van der Waals surface area contributed by atoms with Crippen molar-refractivity contribution < 1.29 is 14.3 Å². The van der Waals surface area contributed by atoms with E-state index in [4.69, 9.17) is 4.74 Å². The van der Waals surface area contributed by atoms with Gasteiger partial charge in [-0.25, -0.2) is 4.79 Å². The van der Waals surface area contributed by atoms with E-state index < -0.39 is 0 Å². The lowest BCUT2D eigenvalue weighted by Crippen LogP contribution is -2.01. The molecule has 0 saturated heterocycles. The number of carbonyl (C=O) groups excluding carboxylic acids is 2. The molecule has 0 unspecified atom stereocenters. The molecule has 4 heteroatoms. The summed E-state index contributed by atoms with van der Waals surface area (Å²) in [5, 5.41) is 0. The molecule has 0 aliphatic heterocycles. The van der Waals surface area contributed by atoms with Gasteiger partial charge in [0.25, 0.3) is 0 Å². The van der Waals surface area contributed by atoms with Gasteiger partial charge in [-0.05, 0) is 32.1 Å². The molecule has 3 nitrogen and oxygen atoms in total. The van der Waals surface area contributed by atoms with E-state index in [9.17, 15) is 9.59 Å². The van der Waals surface area contributed by atoms with Gasteiger partial charge in [-0.2, -0.15) is 0 Å². The minimum absolute atomic E-state index is 0.0851. The van der Waals surface area contributed by atoms with Gasteiger partial charge in [-0.3, -0.25) is 4.79 Å². The first-order chi connectivity index (χ1) is 7.19. The van der Waals surface area contributed by atoms with Gasteiger partial charge in [0.1, 0.15) is 4.88 Å². The minimum atomic E-state index is -0.373. The molecule has 80 valence electrons. The van der Waals surface area contributed by atoms with Crippen molar-refractivity contribution in [2.45, 2.75) is 13.8 Å². The first kappa shape index (κ1) is 11.7. The molecule has 0 aliphatic carbocycles. The second-order valence-electron chi connectivity index (χ2n) is 2.75. The third kappa shape index (κ3) is 3.02. The summed E-state index contributed by atoms with van der Waals surface area (Å²) >= 11 is 1.15. The Morgan fingerprint density at radius 2 is 2.07 bits per heavy atom. The zero-order chi connectivity index (χ0) is 11.3. The van der Waals surface area contributed by atoms with Gasteiger partial charge in [0, 0.05) is 0 Å². The van der Waals surface area contributed by atoms with Crippen LogP contribution in [0.5, 0.6) is 0 Å². The van der Waals surface area contributed by atoms with Crippen LogP contribution in [0.15, 0.2) is 24.3 Å². The van der Waals surface area contributed by atoms with Crippen LogP contribution in [-0.2, 0) is 4.74 Å². The highest BCUT2D eigenvalue weighted by Gasteiger charge is 2.12. The first-order valence-electron chi connectivity index (χ1n) is 4.63. The maximum atomic E-state index is 11.4.